The van der Waals surface area contributed by atoms with Gasteiger partial charge in [-0.3, -0.25) is 0 Å². The Balaban J connectivity index is 2.73. The van der Waals surface area contributed by atoms with Gasteiger partial charge in [0.15, 0.2) is 0 Å². The number of rotatable bonds is 9. The number of aryl methyl sites for hydroxylation is 1. The molecule has 1 unspecified atom stereocenters. The predicted molar refractivity (Wildman–Crippen MR) is 76.8 cm³/mol. The summed E-state index contributed by atoms with van der Waals surface area (Å²) in [5.41, 5.74) is 0.269. The molecule has 0 amide bonds. The summed E-state index contributed by atoms with van der Waals surface area (Å²) in [7, 11) is 0. The van der Waals surface area contributed by atoms with E-state index in [9.17, 15) is 4.39 Å². The molecule has 0 N–H and O–H groups in total. The van der Waals surface area contributed by atoms with Gasteiger partial charge in [-0.1, -0.05) is 59.3 Å². The number of hydrogen-bond donors (Lipinski definition) is 0. The highest BCUT2D eigenvalue weighted by atomic mass is 19.1. The fourth-order valence-electron chi connectivity index (χ4n) is 2.48. The maximum Gasteiger partial charge on any atom is 0.301 e. The van der Waals surface area contributed by atoms with Crippen molar-refractivity contribution in [3.63, 3.8) is 0 Å². The Morgan fingerprint density at radius 2 is 1.68 bits per heavy atom. The molecular formula is C16H28FNO. The molecule has 1 atom stereocenters. The molecule has 0 saturated carbocycles. The molecule has 3 heteroatoms. The second-order valence-corrected chi connectivity index (χ2v) is 5.85. The maximum absolute atomic E-state index is 13.4. The van der Waals surface area contributed by atoms with E-state index in [2.05, 4.69) is 25.8 Å². The van der Waals surface area contributed by atoms with Crippen LogP contribution in [0.15, 0.2) is 4.42 Å². The molecule has 0 fully saturated rings. The lowest BCUT2D eigenvalue weighted by Gasteiger charge is -2.26. The second kappa shape index (κ2) is 7.66. The van der Waals surface area contributed by atoms with Crippen LogP contribution in [-0.4, -0.2) is 4.98 Å². The van der Waals surface area contributed by atoms with Crippen LogP contribution in [0.25, 0.3) is 0 Å². The Hall–Kier alpha value is -0.860. The Bertz CT molecular complexity index is 355. The van der Waals surface area contributed by atoms with Gasteiger partial charge in [0.2, 0.25) is 5.89 Å². The number of nitrogens with zero attached hydrogens (tertiary/aromatic N) is 1. The molecule has 0 saturated heterocycles. The first-order valence-corrected chi connectivity index (χ1v) is 7.67. The summed E-state index contributed by atoms with van der Waals surface area (Å²) in [6.07, 6.45) is 9.24. The SMILES string of the molecule is CCCCCCC(C)(CCCC)c1nc(C)c(F)o1. The van der Waals surface area contributed by atoms with Gasteiger partial charge in [-0.05, 0) is 19.8 Å². The molecule has 0 spiro atoms. The van der Waals surface area contributed by atoms with Crippen molar-refractivity contribution in [1.29, 1.82) is 0 Å². The minimum absolute atomic E-state index is 0.112. The highest BCUT2D eigenvalue weighted by Crippen LogP contribution is 2.35. The van der Waals surface area contributed by atoms with Gasteiger partial charge in [0, 0.05) is 5.41 Å². The average Bonchev–Trinajstić information content (AvgIpc) is 2.73. The molecule has 1 heterocycles. The van der Waals surface area contributed by atoms with Crippen LogP contribution in [0.2, 0.25) is 0 Å². The Morgan fingerprint density at radius 3 is 2.21 bits per heavy atom. The van der Waals surface area contributed by atoms with Gasteiger partial charge in [-0.25, -0.2) is 4.98 Å². The zero-order chi connectivity index (χ0) is 14.3. The van der Waals surface area contributed by atoms with Crippen molar-refractivity contribution < 1.29 is 8.81 Å². The Kier molecular flexibility index (Phi) is 6.53. The van der Waals surface area contributed by atoms with Gasteiger partial charge in [0.05, 0.1) is 0 Å². The van der Waals surface area contributed by atoms with Crippen molar-refractivity contribution in [3.8, 4) is 0 Å². The van der Waals surface area contributed by atoms with E-state index in [-0.39, 0.29) is 5.41 Å². The zero-order valence-corrected chi connectivity index (χ0v) is 12.9. The lowest BCUT2D eigenvalue weighted by Crippen LogP contribution is -2.22. The molecule has 0 bridgehead atoms. The topological polar surface area (TPSA) is 26.0 Å². The molecule has 110 valence electrons. The quantitative estimate of drug-likeness (QED) is 0.550. The summed E-state index contributed by atoms with van der Waals surface area (Å²) in [5.74, 6) is 0.590. The van der Waals surface area contributed by atoms with Crippen molar-refractivity contribution in [2.45, 2.75) is 84.5 Å². The van der Waals surface area contributed by atoms with Gasteiger partial charge in [-0.15, -0.1) is 0 Å². The molecule has 1 aromatic rings. The minimum Gasteiger partial charge on any atom is -0.415 e. The molecule has 0 aliphatic rings. The molecule has 0 radical (unpaired) electrons. The Morgan fingerprint density at radius 1 is 1.05 bits per heavy atom. The number of oxazole rings is 1. The largest absolute Gasteiger partial charge is 0.415 e. The fraction of sp³-hybridized carbons (Fsp3) is 0.812. The number of hydrogen-bond acceptors (Lipinski definition) is 2. The van der Waals surface area contributed by atoms with E-state index < -0.39 is 6.01 Å². The standard InChI is InChI=1S/C16H28FNO/c1-5-7-9-10-12-16(4,11-8-6-2)15-18-13(3)14(17)19-15/h5-12H2,1-4H3. The molecule has 0 aliphatic carbocycles. The lowest BCUT2D eigenvalue weighted by atomic mass is 9.80. The van der Waals surface area contributed by atoms with Gasteiger partial charge < -0.3 is 4.42 Å². The van der Waals surface area contributed by atoms with E-state index in [1.807, 2.05) is 0 Å². The van der Waals surface area contributed by atoms with Crippen molar-refractivity contribution in [2.24, 2.45) is 0 Å². The van der Waals surface area contributed by atoms with E-state index >= 15 is 0 Å². The van der Waals surface area contributed by atoms with Gasteiger partial charge >= 0.3 is 6.01 Å². The van der Waals surface area contributed by atoms with E-state index in [1.54, 1.807) is 6.92 Å². The molecule has 19 heavy (non-hydrogen) atoms. The predicted octanol–water partition coefficient (Wildman–Crippen LogP) is 5.54. The highest BCUT2D eigenvalue weighted by molar-refractivity contribution is 5.07. The minimum atomic E-state index is -0.522. The average molecular weight is 269 g/mol. The zero-order valence-electron chi connectivity index (χ0n) is 12.9. The van der Waals surface area contributed by atoms with Crippen molar-refractivity contribution >= 4 is 0 Å². The van der Waals surface area contributed by atoms with E-state index in [1.165, 1.54) is 19.3 Å². The molecular weight excluding hydrogens is 241 g/mol. The number of aromatic nitrogens is 1. The van der Waals surface area contributed by atoms with Crippen molar-refractivity contribution in [3.05, 3.63) is 17.6 Å². The first-order valence-electron chi connectivity index (χ1n) is 7.67. The third kappa shape index (κ3) is 4.63. The van der Waals surface area contributed by atoms with Crippen LogP contribution >= 0.6 is 0 Å². The molecule has 1 aromatic heterocycles. The van der Waals surface area contributed by atoms with Crippen LogP contribution in [0.5, 0.6) is 0 Å². The summed E-state index contributed by atoms with van der Waals surface area (Å²) in [5, 5.41) is 0. The third-order valence-corrected chi connectivity index (χ3v) is 3.92. The lowest BCUT2D eigenvalue weighted by molar-refractivity contribution is 0.248. The van der Waals surface area contributed by atoms with E-state index in [0.717, 1.165) is 32.1 Å². The van der Waals surface area contributed by atoms with Crippen LogP contribution in [0, 0.1) is 12.9 Å². The summed E-state index contributed by atoms with van der Waals surface area (Å²) < 4.78 is 18.7. The van der Waals surface area contributed by atoms with E-state index in [4.69, 9.17) is 4.42 Å². The Labute approximate surface area is 116 Å². The summed E-state index contributed by atoms with van der Waals surface area (Å²) in [6.45, 7) is 8.22. The van der Waals surface area contributed by atoms with Gasteiger partial charge in [-0.2, -0.15) is 4.39 Å². The van der Waals surface area contributed by atoms with Crippen LogP contribution in [0.1, 0.15) is 83.7 Å². The van der Waals surface area contributed by atoms with Crippen LogP contribution < -0.4 is 0 Å². The number of halogens is 1. The highest BCUT2D eigenvalue weighted by Gasteiger charge is 2.31. The molecule has 2 nitrogen and oxygen atoms in total. The second-order valence-electron chi connectivity index (χ2n) is 5.85. The van der Waals surface area contributed by atoms with E-state index in [0.29, 0.717) is 11.6 Å². The van der Waals surface area contributed by atoms with Gasteiger partial charge in [0.1, 0.15) is 5.69 Å². The molecule has 0 aliphatic heterocycles. The first-order chi connectivity index (χ1) is 9.03. The maximum atomic E-state index is 13.4. The van der Waals surface area contributed by atoms with Gasteiger partial charge in [0.25, 0.3) is 0 Å². The monoisotopic (exact) mass is 269 g/mol. The van der Waals surface area contributed by atoms with Crippen LogP contribution in [-0.2, 0) is 5.41 Å². The normalized spacial score (nSPS) is 14.6. The summed E-state index contributed by atoms with van der Waals surface area (Å²) in [4.78, 5) is 4.29. The summed E-state index contributed by atoms with van der Waals surface area (Å²) >= 11 is 0. The third-order valence-electron chi connectivity index (χ3n) is 3.92. The molecule has 1 rings (SSSR count). The summed E-state index contributed by atoms with van der Waals surface area (Å²) in [6, 6.07) is -0.522. The molecule has 0 aromatic carbocycles. The van der Waals surface area contributed by atoms with Crippen LogP contribution in [0.3, 0.4) is 0 Å². The number of unbranched alkanes of at least 4 members (excludes halogenated alkanes) is 4. The van der Waals surface area contributed by atoms with Crippen molar-refractivity contribution in [1.82, 2.24) is 4.98 Å². The first kappa shape index (κ1) is 16.2. The smallest absolute Gasteiger partial charge is 0.301 e. The van der Waals surface area contributed by atoms with Crippen molar-refractivity contribution in [2.75, 3.05) is 0 Å². The fourth-order valence-corrected chi connectivity index (χ4v) is 2.48. The van der Waals surface area contributed by atoms with Crippen LogP contribution in [0.4, 0.5) is 4.39 Å².